The lowest BCUT2D eigenvalue weighted by atomic mass is 10.1. The Labute approximate surface area is 104 Å². The van der Waals surface area contributed by atoms with E-state index in [1.54, 1.807) is 11.8 Å². The van der Waals surface area contributed by atoms with E-state index in [2.05, 4.69) is 4.84 Å². The molecule has 0 heterocycles. The summed E-state index contributed by atoms with van der Waals surface area (Å²) >= 11 is 0. The molecule has 8 heteroatoms. The Balaban J connectivity index is 2.89. The number of carboxylic acid groups (broad SMARTS) is 1. The van der Waals surface area contributed by atoms with Crippen molar-refractivity contribution in [3.63, 3.8) is 0 Å². The Bertz CT molecular complexity index is 603. The van der Waals surface area contributed by atoms with Gasteiger partial charge in [0.15, 0.2) is 6.61 Å². The molecule has 96 valence electrons. The van der Waals surface area contributed by atoms with Crippen LogP contribution in [0.5, 0.6) is 0 Å². The van der Waals surface area contributed by atoms with Gasteiger partial charge in [0.2, 0.25) is 0 Å². The average molecular weight is 270 g/mol. The largest absolute Gasteiger partial charge is 0.479 e. The number of carbonyl (C=O) groups is 1. The molecule has 0 aromatic heterocycles. The van der Waals surface area contributed by atoms with Gasteiger partial charge in [-0.1, -0.05) is 4.89 Å². The minimum absolute atomic E-state index is 0.107. The van der Waals surface area contributed by atoms with Crippen molar-refractivity contribution in [2.24, 2.45) is 0 Å². The second kappa shape index (κ2) is 5.59. The number of nitriles is 1. The van der Waals surface area contributed by atoms with Crippen molar-refractivity contribution in [3.8, 4) is 6.07 Å². The summed E-state index contributed by atoms with van der Waals surface area (Å²) in [5.74, 6) is -1.30. The number of aryl methyl sites for hydroxylation is 1. The maximum absolute atomic E-state index is 11.7. The van der Waals surface area contributed by atoms with Gasteiger partial charge >= 0.3 is 5.97 Å². The summed E-state index contributed by atoms with van der Waals surface area (Å²) in [6.45, 7) is 0.810. The number of hydrogen-bond donors (Lipinski definition) is 2. The molecule has 0 bridgehead atoms. The normalized spacial score (nSPS) is 10.9. The molecule has 0 atom stereocenters. The van der Waals surface area contributed by atoms with Crippen molar-refractivity contribution in [2.75, 3.05) is 6.61 Å². The molecule has 0 saturated carbocycles. The van der Waals surface area contributed by atoms with Crippen LogP contribution in [0.4, 0.5) is 0 Å². The van der Waals surface area contributed by atoms with E-state index in [-0.39, 0.29) is 4.90 Å². The minimum Gasteiger partial charge on any atom is -0.479 e. The van der Waals surface area contributed by atoms with E-state index in [0.717, 1.165) is 0 Å². The number of rotatable bonds is 5. The van der Waals surface area contributed by atoms with Crippen LogP contribution in [0.2, 0.25) is 0 Å². The molecule has 0 amide bonds. The third kappa shape index (κ3) is 3.53. The lowest BCUT2D eigenvalue weighted by Crippen LogP contribution is -2.26. The number of aliphatic carboxylic acids is 1. The topological polar surface area (TPSA) is 116 Å². The third-order valence-electron chi connectivity index (χ3n) is 1.99. The fraction of sp³-hybridized carbons (Fsp3) is 0.200. The van der Waals surface area contributed by atoms with Gasteiger partial charge in [0, 0.05) is 0 Å². The third-order valence-corrected chi connectivity index (χ3v) is 3.20. The van der Waals surface area contributed by atoms with Crippen LogP contribution >= 0.6 is 0 Å². The summed E-state index contributed by atoms with van der Waals surface area (Å²) in [4.78, 5) is 16.0. The van der Waals surface area contributed by atoms with Gasteiger partial charge in [-0.15, -0.1) is 0 Å². The van der Waals surface area contributed by atoms with E-state index in [9.17, 15) is 13.2 Å². The molecule has 0 fully saturated rings. The lowest BCUT2D eigenvalue weighted by molar-refractivity contribution is -0.143. The van der Waals surface area contributed by atoms with E-state index < -0.39 is 22.6 Å². The summed E-state index contributed by atoms with van der Waals surface area (Å²) in [5, 5.41) is 17.0. The zero-order chi connectivity index (χ0) is 13.8. The van der Waals surface area contributed by atoms with Crippen LogP contribution in [0.3, 0.4) is 0 Å². The second-order valence-corrected chi connectivity index (χ2v) is 5.00. The van der Waals surface area contributed by atoms with Crippen LogP contribution in [-0.2, 0) is 19.7 Å². The molecule has 18 heavy (non-hydrogen) atoms. The Morgan fingerprint density at radius 3 is 2.72 bits per heavy atom. The van der Waals surface area contributed by atoms with E-state index in [0.29, 0.717) is 11.1 Å². The van der Waals surface area contributed by atoms with Gasteiger partial charge in [-0.05, 0) is 30.7 Å². The predicted molar refractivity (Wildman–Crippen MR) is 59.8 cm³/mol. The first-order valence-corrected chi connectivity index (χ1v) is 6.21. The predicted octanol–water partition coefficient (Wildman–Crippen LogP) is 0.161. The van der Waals surface area contributed by atoms with Gasteiger partial charge < -0.3 is 5.11 Å². The SMILES string of the molecule is Cc1cc(S(=O)(=O)NOCC(=O)O)ccc1C#N. The molecule has 0 aliphatic carbocycles. The monoisotopic (exact) mass is 270 g/mol. The Kier molecular flexibility index (Phi) is 4.38. The van der Waals surface area contributed by atoms with Crippen molar-refractivity contribution in [1.29, 1.82) is 5.26 Å². The highest BCUT2D eigenvalue weighted by Crippen LogP contribution is 2.14. The van der Waals surface area contributed by atoms with Gasteiger partial charge in [-0.25, -0.2) is 13.2 Å². The van der Waals surface area contributed by atoms with E-state index in [1.165, 1.54) is 18.2 Å². The summed E-state index contributed by atoms with van der Waals surface area (Å²) in [7, 11) is -3.95. The van der Waals surface area contributed by atoms with Gasteiger partial charge in [0.05, 0.1) is 16.5 Å². The first-order chi connectivity index (χ1) is 8.36. The molecule has 0 saturated heterocycles. The first kappa shape index (κ1) is 14.1. The number of sulfonamides is 1. The Morgan fingerprint density at radius 2 is 2.22 bits per heavy atom. The molecule has 0 unspecified atom stereocenters. The van der Waals surface area contributed by atoms with Crippen molar-refractivity contribution in [3.05, 3.63) is 29.3 Å². The highest BCUT2D eigenvalue weighted by atomic mass is 32.2. The maximum Gasteiger partial charge on any atom is 0.331 e. The second-order valence-electron chi connectivity index (χ2n) is 3.36. The number of nitrogens with zero attached hydrogens (tertiary/aromatic N) is 1. The van der Waals surface area contributed by atoms with Gasteiger partial charge in [0.25, 0.3) is 10.0 Å². The van der Waals surface area contributed by atoms with Crippen molar-refractivity contribution >= 4 is 16.0 Å². The Morgan fingerprint density at radius 1 is 1.56 bits per heavy atom. The fourth-order valence-corrected chi connectivity index (χ4v) is 2.04. The van der Waals surface area contributed by atoms with E-state index in [4.69, 9.17) is 10.4 Å². The molecule has 7 nitrogen and oxygen atoms in total. The van der Waals surface area contributed by atoms with Crippen LogP contribution < -0.4 is 4.89 Å². The molecule has 1 rings (SSSR count). The van der Waals surface area contributed by atoms with Crippen LogP contribution in [0.15, 0.2) is 23.1 Å². The van der Waals surface area contributed by atoms with Crippen LogP contribution in [0, 0.1) is 18.3 Å². The molecule has 1 aromatic carbocycles. The fourth-order valence-electron chi connectivity index (χ4n) is 1.15. The number of benzene rings is 1. The zero-order valence-electron chi connectivity index (χ0n) is 9.37. The summed E-state index contributed by atoms with van der Waals surface area (Å²) < 4.78 is 23.3. The number of hydrogen-bond acceptors (Lipinski definition) is 5. The molecule has 0 aliphatic rings. The highest BCUT2D eigenvalue weighted by Gasteiger charge is 2.15. The zero-order valence-corrected chi connectivity index (χ0v) is 10.2. The summed E-state index contributed by atoms with van der Waals surface area (Å²) in [6, 6.07) is 5.80. The quantitative estimate of drug-likeness (QED) is 0.736. The molecule has 0 aliphatic heterocycles. The average Bonchev–Trinajstić information content (AvgIpc) is 2.28. The first-order valence-electron chi connectivity index (χ1n) is 4.73. The van der Waals surface area contributed by atoms with Gasteiger partial charge in [-0.3, -0.25) is 4.84 Å². The number of carboxylic acids is 1. The summed E-state index contributed by atoms with van der Waals surface area (Å²) in [5.41, 5.74) is 0.860. The lowest BCUT2D eigenvalue weighted by Gasteiger charge is -2.06. The molecule has 0 radical (unpaired) electrons. The number of nitrogens with one attached hydrogen (secondary N) is 1. The molecule has 1 aromatic rings. The minimum atomic E-state index is -3.95. The van der Waals surface area contributed by atoms with Crippen molar-refractivity contribution in [1.82, 2.24) is 4.89 Å². The maximum atomic E-state index is 11.7. The van der Waals surface area contributed by atoms with E-state index >= 15 is 0 Å². The van der Waals surface area contributed by atoms with Crippen molar-refractivity contribution in [2.45, 2.75) is 11.8 Å². The molecule has 0 spiro atoms. The summed E-state index contributed by atoms with van der Waals surface area (Å²) in [6.07, 6.45) is 0. The van der Waals surface area contributed by atoms with Gasteiger partial charge in [-0.2, -0.15) is 5.26 Å². The van der Waals surface area contributed by atoms with Crippen LogP contribution in [-0.4, -0.2) is 26.1 Å². The smallest absolute Gasteiger partial charge is 0.331 e. The molecular formula is C10H10N2O5S. The molecular weight excluding hydrogens is 260 g/mol. The van der Waals surface area contributed by atoms with E-state index in [1.807, 2.05) is 6.07 Å². The molecule has 2 N–H and O–H groups in total. The Hall–Kier alpha value is -1.95. The van der Waals surface area contributed by atoms with Crippen LogP contribution in [0.25, 0.3) is 0 Å². The highest BCUT2D eigenvalue weighted by molar-refractivity contribution is 7.89. The standard InChI is InChI=1S/C10H10N2O5S/c1-7-4-9(3-2-8(7)5-11)18(15,16)12-17-6-10(13)14/h2-4,12H,6H2,1H3,(H,13,14). The van der Waals surface area contributed by atoms with Crippen molar-refractivity contribution < 1.29 is 23.2 Å². The van der Waals surface area contributed by atoms with Gasteiger partial charge in [0.1, 0.15) is 0 Å². The van der Waals surface area contributed by atoms with Crippen LogP contribution in [0.1, 0.15) is 11.1 Å².